The molecule has 2 rings (SSSR count). The van der Waals surface area contributed by atoms with Gasteiger partial charge in [0, 0.05) is 19.4 Å². The zero-order valence-electron chi connectivity index (χ0n) is 8.08. The highest BCUT2D eigenvalue weighted by Gasteiger charge is 2.31. The number of hydrogen-bond donors (Lipinski definition) is 1. The summed E-state index contributed by atoms with van der Waals surface area (Å²) in [6.45, 7) is 2.10. The van der Waals surface area contributed by atoms with E-state index in [1.807, 2.05) is 12.1 Å². The molecule has 72 valence electrons. The fourth-order valence-corrected chi connectivity index (χ4v) is 1.41. The van der Waals surface area contributed by atoms with E-state index >= 15 is 0 Å². The number of carbonyl (C=O) groups excluding carboxylic acids is 1. The Morgan fingerprint density at radius 1 is 1.62 bits per heavy atom. The molecule has 1 N–H and O–H groups in total. The molecular weight excluding hydrogens is 166 g/mol. The monoisotopic (exact) mass is 181 g/mol. The summed E-state index contributed by atoms with van der Waals surface area (Å²) >= 11 is 0. The first kappa shape index (κ1) is 8.53. The molecule has 1 aliphatic carbocycles. The van der Waals surface area contributed by atoms with Crippen molar-refractivity contribution in [2.45, 2.75) is 32.2 Å². The first-order chi connectivity index (χ1) is 6.16. The van der Waals surface area contributed by atoms with Gasteiger partial charge in [-0.1, -0.05) is 0 Å². The second-order valence-corrected chi connectivity index (χ2v) is 3.94. The van der Waals surface area contributed by atoms with E-state index in [-0.39, 0.29) is 11.8 Å². The highest BCUT2D eigenvalue weighted by molar-refractivity contribution is 6.00. The maximum Gasteiger partial charge on any atom is 0.228 e. The summed E-state index contributed by atoms with van der Waals surface area (Å²) in [6, 6.07) is 0.412. The zero-order chi connectivity index (χ0) is 9.42. The van der Waals surface area contributed by atoms with E-state index in [0.29, 0.717) is 6.04 Å². The molecule has 2 aliphatic rings. The average molecular weight is 181 g/mol. The fraction of sp³-hybridized carbons (Fsp3) is 0.778. The van der Waals surface area contributed by atoms with Gasteiger partial charge in [-0.3, -0.25) is 9.80 Å². The molecule has 4 nitrogen and oxygen atoms in total. The summed E-state index contributed by atoms with van der Waals surface area (Å²) in [5.41, 5.74) is 0. The van der Waals surface area contributed by atoms with Gasteiger partial charge in [0.2, 0.25) is 5.91 Å². The molecule has 0 spiro atoms. The number of hydrazone groups is 1. The van der Waals surface area contributed by atoms with Crippen LogP contribution in [0.4, 0.5) is 0 Å². The molecule has 0 aromatic carbocycles. The topological polar surface area (TPSA) is 44.7 Å². The minimum atomic E-state index is 0.154. The van der Waals surface area contributed by atoms with E-state index in [1.165, 1.54) is 0 Å². The normalized spacial score (nSPS) is 27.4. The molecular formula is C9H15N3O. The number of amidine groups is 1. The van der Waals surface area contributed by atoms with Crippen LogP contribution in [0.1, 0.15) is 26.2 Å². The van der Waals surface area contributed by atoms with Crippen LogP contribution < -0.4 is 5.32 Å². The van der Waals surface area contributed by atoms with E-state index < -0.39 is 0 Å². The van der Waals surface area contributed by atoms with Crippen molar-refractivity contribution in [1.82, 2.24) is 10.3 Å². The second-order valence-electron chi connectivity index (χ2n) is 3.94. The van der Waals surface area contributed by atoms with Crippen molar-refractivity contribution in [2.24, 2.45) is 11.0 Å². The van der Waals surface area contributed by atoms with E-state index in [4.69, 9.17) is 0 Å². The summed E-state index contributed by atoms with van der Waals surface area (Å²) in [4.78, 5) is 11.4. The Labute approximate surface area is 78.0 Å². The summed E-state index contributed by atoms with van der Waals surface area (Å²) in [5.74, 6) is 1.25. The zero-order valence-corrected chi connectivity index (χ0v) is 8.08. The lowest BCUT2D eigenvalue weighted by atomic mass is 10.2. The molecule has 1 unspecified atom stereocenters. The highest BCUT2D eigenvalue weighted by Crippen LogP contribution is 2.29. The van der Waals surface area contributed by atoms with Crippen molar-refractivity contribution in [3.8, 4) is 0 Å². The Kier molecular flexibility index (Phi) is 1.98. The number of nitrogens with zero attached hydrogens (tertiary/aromatic N) is 2. The average Bonchev–Trinajstić information content (AvgIpc) is 2.81. The van der Waals surface area contributed by atoms with Crippen molar-refractivity contribution in [2.75, 3.05) is 7.05 Å². The number of amides is 1. The first-order valence-corrected chi connectivity index (χ1v) is 4.78. The molecule has 1 aliphatic heterocycles. The number of nitrogens with one attached hydrogen (secondary N) is 1. The van der Waals surface area contributed by atoms with E-state index in [1.54, 1.807) is 0 Å². The Bertz CT molecular complexity index is 258. The lowest BCUT2D eigenvalue weighted by molar-refractivity contribution is -0.120. The minimum absolute atomic E-state index is 0.154. The van der Waals surface area contributed by atoms with Gasteiger partial charge in [-0.05, 0) is 19.8 Å². The Morgan fingerprint density at radius 2 is 2.31 bits per heavy atom. The van der Waals surface area contributed by atoms with E-state index in [0.717, 1.165) is 25.1 Å². The fourth-order valence-electron chi connectivity index (χ4n) is 1.41. The third-order valence-corrected chi connectivity index (χ3v) is 2.62. The Balaban J connectivity index is 1.88. The number of rotatable bonds is 1. The van der Waals surface area contributed by atoms with Crippen molar-refractivity contribution in [3.05, 3.63) is 0 Å². The largest absolute Gasteiger partial charge is 0.312 e. The lowest BCUT2D eigenvalue weighted by Crippen LogP contribution is -2.31. The standard InChI is InChI=1S/C9H15N3O/c1-6-5-8(11-12(6)2)10-9(13)7-3-4-7/h6-7H,3-5H2,1-2H3,(H,10,11,13). The van der Waals surface area contributed by atoms with Crippen LogP contribution in [0.15, 0.2) is 5.10 Å². The lowest BCUT2D eigenvalue weighted by Gasteiger charge is -2.11. The van der Waals surface area contributed by atoms with Crippen LogP contribution >= 0.6 is 0 Å². The highest BCUT2D eigenvalue weighted by atomic mass is 16.2. The Morgan fingerprint density at radius 3 is 2.77 bits per heavy atom. The van der Waals surface area contributed by atoms with Crippen LogP contribution in [0.25, 0.3) is 0 Å². The SMILES string of the molecule is CC1CC(NC(=O)C2CC2)=NN1C. The molecule has 0 radical (unpaired) electrons. The van der Waals surface area contributed by atoms with Gasteiger partial charge in [-0.25, -0.2) is 0 Å². The van der Waals surface area contributed by atoms with Crippen LogP contribution in [0.2, 0.25) is 0 Å². The molecule has 0 aromatic heterocycles. The molecule has 4 heteroatoms. The van der Waals surface area contributed by atoms with Crippen LogP contribution in [-0.4, -0.2) is 29.8 Å². The predicted molar refractivity (Wildman–Crippen MR) is 50.1 cm³/mol. The molecule has 1 atom stereocenters. The smallest absolute Gasteiger partial charge is 0.228 e. The van der Waals surface area contributed by atoms with Crippen LogP contribution in [0, 0.1) is 5.92 Å². The quantitative estimate of drug-likeness (QED) is 0.642. The van der Waals surface area contributed by atoms with Crippen LogP contribution in [0.5, 0.6) is 0 Å². The summed E-state index contributed by atoms with van der Waals surface area (Å²) in [5, 5.41) is 9.00. The third kappa shape index (κ3) is 1.82. The van der Waals surface area contributed by atoms with Crippen LogP contribution in [-0.2, 0) is 4.79 Å². The van der Waals surface area contributed by atoms with Gasteiger partial charge >= 0.3 is 0 Å². The van der Waals surface area contributed by atoms with E-state index in [2.05, 4.69) is 17.3 Å². The maximum atomic E-state index is 11.4. The van der Waals surface area contributed by atoms with Gasteiger partial charge in [0.1, 0.15) is 5.84 Å². The number of hydrogen-bond acceptors (Lipinski definition) is 3. The van der Waals surface area contributed by atoms with Gasteiger partial charge < -0.3 is 5.32 Å². The van der Waals surface area contributed by atoms with Gasteiger partial charge in [0.15, 0.2) is 0 Å². The second kappa shape index (κ2) is 3.01. The van der Waals surface area contributed by atoms with Gasteiger partial charge in [0.05, 0.1) is 6.04 Å². The molecule has 0 bridgehead atoms. The predicted octanol–water partition coefficient (Wildman–Crippen LogP) is 0.550. The van der Waals surface area contributed by atoms with Crippen LogP contribution in [0.3, 0.4) is 0 Å². The molecule has 0 aromatic rings. The van der Waals surface area contributed by atoms with Crippen molar-refractivity contribution >= 4 is 11.7 Å². The third-order valence-electron chi connectivity index (χ3n) is 2.62. The maximum absolute atomic E-state index is 11.4. The van der Waals surface area contributed by atoms with Crippen molar-refractivity contribution < 1.29 is 4.79 Å². The van der Waals surface area contributed by atoms with Gasteiger partial charge in [-0.2, -0.15) is 5.10 Å². The summed E-state index contributed by atoms with van der Waals surface area (Å²) in [7, 11) is 1.93. The molecule has 13 heavy (non-hydrogen) atoms. The van der Waals surface area contributed by atoms with E-state index in [9.17, 15) is 4.79 Å². The minimum Gasteiger partial charge on any atom is -0.312 e. The Hall–Kier alpha value is -1.06. The number of carbonyl (C=O) groups is 1. The first-order valence-electron chi connectivity index (χ1n) is 4.78. The summed E-state index contributed by atoms with van der Waals surface area (Å²) < 4.78 is 0. The molecule has 1 saturated carbocycles. The summed E-state index contributed by atoms with van der Waals surface area (Å²) in [6.07, 6.45) is 2.95. The van der Waals surface area contributed by atoms with Crippen molar-refractivity contribution in [3.63, 3.8) is 0 Å². The molecule has 1 heterocycles. The molecule has 1 amide bonds. The van der Waals surface area contributed by atoms with Gasteiger partial charge in [0.25, 0.3) is 0 Å². The van der Waals surface area contributed by atoms with Gasteiger partial charge in [-0.15, -0.1) is 0 Å². The van der Waals surface area contributed by atoms with Crippen molar-refractivity contribution in [1.29, 1.82) is 0 Å². The molecule has 0 saturated heterocycles. The molecule has 1 fully saturated rings.